The van der Waals surface area contributed by atoms with Crippen molar-refractivity contribution in [1.29, 1.82) is 0 Å². The van der Waals surface area contributed by atoms with Gasteiger partial charge in [0, 0.05) is 12.4 Å². The summed E-state index contributed by atoms with van der Waals surface area (Å²) in [5.41, 5.74) is 0.444. The highest BCUT2D eigenvalue weighted by Crippen LogP contribution is 2.04. The molecule has 2 rings (SSSR count). The minimum absolute atomic E-state index is 0.232. The molecule has 2 aromatic heterocycles. The highest BCUT2D eigenvalue weighted by Gasteiger charge is 2.03. The predicted molar refractivity (Wildman–Crippen MR) is 42.7 cm³/mol. The van der Waals surface area contributed by atoms with Gasteiger partial charge in [-0.05, 0) is 0 Å². The van der Waals surface area contributed by atoms with Crippen molar-refractivity contribution in [2.24, 2.45) is 0 Å². The van der Waals surface area contributed by atoms with E-state index < -0.39 is 0 Å². The second kappa shape index (κ2) is 2.81. The highest BCUT2D eigenvalue weighted by atomic mass is 16.5. The van der Waals surface area contributed by atoms with Crippen molar-refractivity contribution in [1.82, 2.24) is 19.6 Å². The third-order valence-electron chi connectivity index (χ3n) is 1.51. The molecule has 0 saturated heterocycles. The molecule has 2 heterocycles. The monoisotopic (exact) mass is 178 g/mol. The van der Waals surface area contributed by atoms with Gasteiger partial charge in [0.2, 0.25) is 0 Å². The zero-order chi connectivity index (χ0) is 9.26. The van der Waals surface area contributed by atoms with Crippen LogP contribution in [0.5, 0.6) is 6.01 Å². The third kappa shape index (κ3) is 1.22. The van der Waals surface area contributed by atoms with Crippen molar-refractivity contribution in [2.45, 2.75) is 0 Å². The molecule has 6 nitrogen and oxygen atoms in total. The molecule has 6 heteroatoms. The van der Waals surface area contributed by atoms with E-state index in [0.29, 0.717) is 17.6 Å². The van der Waals surface area contributed by atoms with E-state index in [2.05, 4.69) is 15.1 Å². The van der Waals surface area contributed by atoms with E-state index in [1.165, 1.54) is 24.0 Å². The summed E-state index contributed by atoms with van der Waals surface area (Å²) in [6.07, 6.45) is 3.65. The van der Waals surface area contributed by atoms with E-state index >= 15 is 0 Å². The maximum atomic E-state index is 10.4. The van der Waals surface area contributed by atoms with Crippen molar-refractivity contribution in [3.05, 3.63) is 18.0 Å². The largest absolute Gasteiger partial charge is 0.466 e. The fraction of sp³-hybridized carbons (Fsp3) is 0.143. The van der Waals surface area contributed by atoms with E-state index in [0.717, 1.165) is 0 Å². The molecule has 0 spiro atoms. The van der Waals surface area contributed by atoms with Crippen LogP contribution in [0, 0.1) is 0 Å². The number of hydrogen-bond acceptors (Lipinski definition) is 5. The number of methoxy groups -OCH3 is 1. The lowest BCUT2D eigenvalue weighted by atomic mass is 10.4. The molecule has 0 aliphatic heterocycles. The fourth-order valence-electron chi connectivity index (χ4n) is 0.925. The number of nitrogens with zero attached hydrogens (tertiary/aromatic N) is 4. The number of fused-ring (bicyclic) bond motifs is 1. The number of rotatable bonds is 2. The molecule has 0 N–H and O–H groups in total. The van der Waals surface area contributed by atoms with Gasteiger partial charge in [-0.3, -0.25) is 4.79 Å². The Hall–Kier alpha value is -1.98. The molecule has 0 aliphatic carbocycles. The molecule has 2 aromatic rings. The Bertz CT molecular complexity index is 451. The standard InChI is InChI=1S/C7H6N4O2/c1-13-7-9-6-8-2-5(4-12)3-11(6)10-7/h2-4H,1H3. The quantitative estimate of drug-likeness (QED) is 0.603. The Morgan fingerprint density at radius 3 is 3.15 bits per heavy atom. The van der Waals surface area contributed by atoms with Crippen LogP contribution in [0.15, 0.2) is 12.4 Å². The molecule has 0 amide bonds. The van der Waals surface area contributed by atoms with Crippen molar-refractivity contribution in [3.8, 4) is 6.01 Å². The molecular weight excluding hydrogens is 172 g/mol. The highest BCUT2D eigenvalue weighted by molar-refractivity contribution is 5.73. The normalized spacial score (nSPS) is 10.2. The smallest absolute Gasteiger partial charge is 0.337 e. The van der Waals surface area contributed by atoms with E-state index in [9.17, 15) is 4.79 Å². The van der Waals surface area contributed by atoms with Crippen LogP contribution in [0.2, 0.25) is 0 Å². The molecule has 66 valence electrons. The van der Waals surface area contributed by atoms with Gasteiger partial charge < -0.3 is 4.74 Å². The second-order valence-corrected chi connectivity index (χ2v) is 2.35. The summed E-state index contributed by atoms with van der Waals surface area (Å²) in [5.74, 6) is 0.405. The molecule has 0 unspecified atom stereocenters. The predicted octanol–water partition coefficient (Wildman–Crippen LogP) is -0.0546. The van der Waals surface area contributed by atoms with Gasteiger partial charge in [-0.2, -0.15) is 4.98 Å². The van der Waals surface area contributed by atoms with Crippen LogP contribution in [0.3, 0.4) is 0 Å². The van der Waals surface area contributed by atoms with Crippen molar-refractivity contribution in [2.75, 3.05) is 7.11 Å². The maximum absolute atomic E-state index is 10.4. The summed E-state index contributed by atoms with van der Waals surface area (Å²) in [6.45, 7) is 0. The Morgan fingerprint density at radius 1 is 1.62 bits per heavy atom. The van der Waals surface area contributed by atoms with E-state index in [1.54, 1.807) is 0 Å². The SMILES string of the molecule is COc1nc2ncc(C=O)cn2n1. The van der Waals surface area contributed by atoms with Crippen LogP contribution < -0.4 is 4.74 Å². The molecule has 0 fully saturated rings. The minimum atomic E-state index is 0.232. The third-order valence-corrected chi connectivity index (χ3v) is 1.51. The molecule has 0 atom stereocenters. The number of ether oxygens (including phenoxy) is 1. The Balaban J connectivity index is 2.63. The average Bonchev–Trinajstić information content (AvgIpc) is 2.58. The first-order valence-corrected chi connectivity index (χ1v) is 3.55. The van der Waals surface area contributed by atoms with Crippen molar-refractivity contribution < 1.29 is 9.53 Å². The Labute approximate surface area is 73.2 Å². The lowest BCUT2D eigenvalue weighted by molar-refractivity contribution is 0.112. The summed E-state index contributed by atoms with van der Waals surface area (Å²) < 4.78 is 6.19. The molecule has 13 heavy (non-hydrogen) atoms. The topological polar surface area (TPSA) is 69.4 Å². The molecule has 0 bridgehead atoms. The van der Waals surface area contributed by atoms with Crippen molar-refractivity contribution in [3.63, 3.8) is 0 Å². The first-order chi connectivity index (χ1) is 6.33. The second-order valence-electron chi connectivity index (χ2n) is 2.35. The zero-order valence-corrected chi connectivity index (χ0v) is 6.84. The van der Waals surface area contributed by atoms with Crippen LogP contribution in [-0.2, 0) is 0 Å². The summed E-state index contributed by atoms with van der Waals surface area (Å²) in [7, 11) is 1.47. The summed E-state index contributed by atoms with van der Waals surface area (Å²) in [5, 5.41) is 3.90. The van der Waals surface area contributed by atoms with Gasteiger partial charge in [0.25, 0.3) is 5.78 Å². The molecule has 0 aromatic carbocycles. The van der Waals surface area contributed by atoms with Crippen LogP contribution >= 0.6 is 0 Å². The van der Waals surface area contributed by atoms with Gasteiger partial charge in [-0.15, -0.1) is 5.10 Å². The van der Waals surface area contributed by atoms with E-state index in [4.69, 9.17) is 4.74 Å². The Morgan fingerprint density at radius 2 is 2.46 bits per heavy atom. The first-order valence-electron chi connectivity index (χ1n) is 3.55. The summed E-state index contributed by atoms with van der Waals surface area (Å²) >= 11 is 0. The van der Waals surface area contributed by atoms with Crippen molar-refractivity contribution >= 4 is 12.1 Å². The number of aromatic nitrogens is 4. The summed E-state index contributed by atoms with van der Waals surface area (Å²) in [4.78, 5) is 18.2. The van der Waals surface area contributed by atoms with Crippen LogP contribution in [0.4, 0.5) is 0 Å². The van der Waals surface area contributed by atoms with Gasteiger partial charge in [-0.25, -0.2) is 9.50 Å². The number of carbonyl (C=O) groups excluding carboxylic acids is 1. The van der Waals surface area contributed by atoms with Crippen LogP contribution in [-0.4, -0.2) is 33.0 Å². The molecule has 0 radical (unpaired) electrons. The van der Waals surface area contributed by atoms with Gasteiger partial charge in [-0.1, -0.05) is 0 Å². The lowest BCUT2D eigenvalue weighted by Crippen LogP contribution is -1.93. The molecule has 0 aliphatic rings. The van der Waals surface area contributed by atoms with Gasteiger partial charge >= 0.3 is 6.01 Å². The maximum Gasteiger partial charge on any atom is 0.337 e. The number of carbonyl (C=O) groups is 1. The average molecular weight is 178 g/mol. The van der Waals surface area contributed by atoms with Gasteiger partial charge in [0.15, 0.2) is 6.29 Å². The van der Waals surface area contributed by atoms with Crippen LogP contribution in [0.1, 0.15) is 10.4 Å². The molecule has 0 saturated carbocycles. The zero-order valence-electron chi connectivity index (χ0n) is 6.84. The fourth-order valence-corrected chi connectivity index (χ4v) is 0.925. The minimum Gasteiger partial charge on any atom is -0.466 e. The van der Waals surface area contributed by atoms with E-state index in [1.807, 2.05) is 0 Å². The number of aldehydes is 1. The lowest BCUT2D eigenvalue weighted by Gasteiger charge is -1.89. The van der Waals surface area contributed by atoms with Crippen LogP contribution in [0.25, 0.3) is 5.78 Å². The first kappa shape index (κ1) is 7.66. The van der Waals surface area contributed by atoms with Gasteiger partial charge in [0.1, 0.15) is 0 Å². The van der Waals surface area contributed by atoms with Gasteiger partial charge in [0.05, 0.1) is 12.7 Å². The number of hydrogen-bond donors (Lipinski definition) is 0. The Kier molecular flexibility index (Phi) is 1.66. The van der Waals surface area contributed by atoms with E-state index in [-0.39, 0.29) is 6.01 Å². The molecular formula is C7H6N4O2. The summed E-state index contributed by atoms with van der Waals surface area (Å²) in [6, 6.07) is 0.232.